The second-order valence-electron chi connectivity index (χ2n) is 13.2. The molecule has 1 atom stereocenters. The van der Waals surface area contributed by atoms with Crippen LogP contribution in [0.1, 0.15) is 77.1 Å². The molecule has 2 amide bonds. The standard InChI is InChI=1S/C31H41N3O6S/c1-29(2,3)40-28(38)32-25-23(17-24(41-25)20-7-9-22(35)10-8-20)26(36)33-15-11-21(12-16-33)34-14-6-13-31(19-34)18-30(4,5)39-27(31)37/h7-10,17,21,35H,6,11-16,18-19H2,1-5H3,(H,32,38). The highest BCUT2D eigenvalue weighted by Gasteiger charge is 2.54. The van der Waals surface area contributed by atoms with E-state index in [0.29, 0.717) is 29.7 Å². The second-order valence-corrected chi connectivity index (χ2v) is 14.3. The number of esters is 1. The fourth-order valence-electron chi connectivity index (χ4n) is 6.48. The molecule has 5 rings (SSSR count). The van der Waals surface area contributed by atoms with Gasteiger partial charge in [0, 0.05) is 37.0 Å². The summed E-state index contributed by atoms with van der Waals surface area (Å²) < 4.78 is 11.2. The molecule has 0 aliphatic carbocycles. The van der Waals surface area contributed by atoms with Crippen LogP contribution < -0.4 is 5.32 Å². The van der Waals surface area contributed by atoms with Crippen molar-refractivity contribution in [1.82, 2.24) is 9.80 Å². The Balaban J connectivity index is 1.29. The van der Waals surface area contributed by atoms with E-state index >= 15 is 0 Å². The summed E-state index contributed by atoms with van der Waals surface area (Å²) in [5.74, 6) is -0.0384. The van der Waals surface area contributed by atoms with Gasteiger partial charge < -0.3 is 19.5 Å². The first-order chi connectivity index (χ1) is 19.2. The Bertz CT molecular complexity index is 1310. The fraction of sp³-hybridized carbons (Fsp3) is 0.581. The molecule has 3 aliphatic rings. The number of nitrogens with zero attached hydrogens (tertiary/aromatic N) is 2. The van der Waals surface area contributed by atoms with E-state index in [-0.39, 0.29) is 17.6 Å². The SMILES string of the molecule is CC(C)(C)OC(=O)Nc1sc(-c2ccc(O)cc2)cc1C(=O)N1CCC(N2CCCC3(C2)CC(C)(C)OC3=O)CC1. The van der Waals surface area contributed by atoms with Crippen molar-refractivity contribution < 1.29 is 29.0 Å². The zero-order valence-electron chi connectivity index (χ0n) is 24.6. The van der Waals surface area contributed by atoms with Gasteiger partial charge in [-0.15, -0.1) is 11.3 Å². The summed E-state index contributed by atoms with van der Waals surface area (Å²) in [4.78, 5) is 44.4. The van der Waals surface area contributed by atoms with Crippen LogP contribution in [0.3, 0.4) is 0 Å². The number of carbonyl (C=O) groups excluding carboxylic acids is 3. The zero-order chi connectivity index (χ0) is 29.6. The topological polar surface area (TPSA) is 108 Å². The van der Waals surface area contributed by atoms with Crippen molar-refractivity contribution in [2.45, 2.75) is 84.0 Å². The number of likely N-dealkylation sites (tertiary alicyclic amines) is 2. The molecule has 1 unspecified atom stereocenters. The minimum atomic E-state index is -0.675. The quantitative estimate of drug-likeness (QED) is 0.433. The summed E-state index contributed by atoms with van der Waals surface area (Å²) in [5.41, 5.74) is -0.246. The van der Waals surface area contributed by atoms with Gasteiger partial charge in [0.2, 0.25) is 0 Å². The van der Waals surface area contributed by atoms with Gasteiger partial charge in [-0.1, -0.05) is 0 Å². The molecule has 222 valence electrons. The van der Waals surface area contributed by atoms with E-state index in [1.54, 1.807) is 51.1 Å². The van der Waals surface area contributed by atoms with Gasteiger partial charge in [-0.3, -0.25) is 19.8 Å². The first-order valence-electron chi connectivity index (χ1n) is 14.4. The lowest BCUT2D eigenvalue weighted by molar-refractivity contribution is -0.154. The molecule has 2 aromatic rings. The number of hydrogen-bond donors (Lipinski definition) is 2. The molecule has 0 radical (unpaired) electrons. The molecule has 1 spiro atoms. The van der Waals surface area contributed by atoms with Crippen LogP contribution >= 0.6 is 11.3 Å². The number of aromatic hydroxyl groups is 1. The van der Waals surface area contributed by atoms with Crippen molar-refractivity contribution >= 4 is 34.3 Å². The number of ether oxygens (including phenoxy) is 2. The van der Waals surface area contributed by atoms with Gasteiger partial charge in [0.15, 0.2) is 0 Å². The molecule has 0 bridgehead atoms. The zero-order valence-corrected chi connectivity index (χ0v) is 25.4. The number of phenolic OH excluding ortho intramolecular Hbond substituents is 1. The molecule has 10 heteroatoms. The summed E-state index contributed by atoms with van der Waals surface area (Å²) in [6.45, 7) is 12.2. The molecule has 3 saturated heterocycles. The van der Waals surface area contributed by atoms with E-state index in [1.165, 1.54) is 11.3 Å². The maximum Gasteiger partial charge on any atom is 0.412 e. The fourth-order valence-corrected chi connectivity index (χ4v) is 7.52. The van der Waals surface area contributed by atoms with Crippen LogP contribution in [0.2, 0.25) is 0 Å². The molecule has 2 N–H and O–H groups in total. The normalized spacial score (nSPS) is 23.4. The highest BCUT2D eigenvalue weighted by atomic mass is 32.1. The number of cyclic esters (lactones) is 1. The number of rotatable bonds is 4. The van der Waals surface area contributed by atoms with Gasteiger partial charge in [0.25, 0.3) is 5.91 Å². The van der Waals surface area contributed by atoms with Gasteiger partial charge in [-0.2, -0.15) is 0 Å². The van der Waals surface area contributed by atoms with Crippen molar-refractivity contribution in [3.05, 3.63) is 35.9 Å². The van der Waals surface area contributed by atoms with Crippen molar-refractivity contribution in [2.75, 3.05) is 31.5 Å². The largest absolute Gasteiger partial charge is 0.508 e. The van der Waals surface area contributed by atoms with Gasteiger partial charge >= 0.3 is 12.1 Å². The molecular weight excluding hydrogens is 542 g/mol. The Morgan fingerprint density at radius 3 is 2.41 bits per heavy atom. The summed E-state index contributed by atoms with van der Waals surface area (Å²) in [6, 6.07) is 8.87. The number of thiophene rings is 1. The van der Waals surface area contributed by atoms with Crippen LogP contribution in [0, 0.1) is 5.41 Å². The molecular formula is C31H41N3O6S. The minimum Gasteiger partial charge on any atom is -0.508 e. The summed E-state index contributed by atoms with van der Waals surface area (Å²) in [5, 5.41) is 12.9. The maximum absolute atomic E-state index is 13.8. The second kappa shape index (κ2) is 10.9. The number of phenols is 1. The number of carbonyl (C=O) groups is 3. The predicted molar refractivity (Wildman–Crippen MR) is 158 cm³/mol. The molecule has 41 heavy (non-hydrogen) atoms. The van der Waals surface area contributed by atoms with Crippen molar-refractivity contribution in [2.24, 2.45) is 5.41 Å². The Kier molecular flexibility index (Phi) is 7.84. The van der Waals surface area contributed by atoms with E-state index in [4.69, 9.17) is 9.47 Å². The van der Waals surface area contributed by atoms with Crippen LogP contribution in [-0.4, -0.2) is 76.3 Å². The number of anilines is 1. The Morgan fingerprint density at radius 2 is 1.80 bits per heavy atom. The lowest BCUT2D eigenvalue weighted by Gasteiger charge is -2.44. The minimum absolute atomic E-state index is 0.0632. The van der Waals surface area contributed by atoms with Gasteiger partial charge in [0.1, 0.15) is 22.0 Å². The van der Waals surface area contributed by atoms with Crippen molar-refractivity contribution in [3.63, 3.8) is 0 Å². The van der Waals surface area contributed by atoms with Crippen LogP contribution in [0.4, 0.5) is 9.80 Å². The highest BCUT2D eigenvalue weighted by molar-refractivity contribution is 7.20. The predicted octanol–water partition coefficient (Wildman–Crippen LogP) is 5.88. The van der Waals surface area contributed by atoms with Crippen LogP contribution in [0.25, 0.3) is 10.4 Å². The third-order valence-electron chi connectivity index (χ3n) is 8.17. The number of piperidine rings is 2. The molecule has 9 nitrogen and oxygen atoms in total. The van der Waals surface area contributed by atoms with Crippen LogP contribution in [0.15, 0.2) is 30.3 Å². The van der Waals surface area contributed by atoms with Crippen LogP contribution in [0.5, 0.6) is 5.75 Å². The third-order valence-corrected chi connectivity index (χ3v) is 9.27. The smallest absolute Gasteiger partial charge is 0.412 e. The molecule has 3 fully saturated rings. The third kappa shape index (κ3) is 6.54. The first-order valence-corrected chi connectivity index (χ1v) is 15.3. The van der Waals surface area contributed by atoms with Crippen molar-refractivity contribution in [3.8, 4) is 16.2 Å². The number of amides is 2. The summed E-state index contributed by atoms with van der Waals surface area (Å²) in [7, 11) is 0. The monoisotopic (exact) mass is 583 g/mol. The number of nitrogens with one attached hydrogen (secondary N) is 1. The molecule has 4 heterocycles. The van der Waals surface area contributed by atoms with E-state index < -0.39 is 22.7 Å². The van der Waals surface area contributed by atoms with E-state index in [1.807, 2.05) is 18.7 Å². The first kappa shape index (κ1) is 29.4. The van der Waals surface area contributed by atoms with Crippen molar-refractivity contribution in [1.29, 1.82) is 0 Å². The Morgan fingerprint density at radius 1 is 1.12 bits per heavy atom. The van der Waals surface area contributed by atoms with Gasteiger partial charge in [0.05, 0.1) is 11.0 Å². The lowest BCUT2D eigenvalue weighted by atomic mass is 9.74. The van der Waals surface area contributed by atoms with E-state index in [2.05, 4.69) is 10.2 Å². The molecule has 3 aliphatic heterocycles. The highest BCUT2D eigenvalue weighted by Crippen LogP contribution is 2.47. The van der Waals surface area contributed by atoms with E-state index in [0.717, 1.165) is 55.6 Å². The average Bonchev–Trinajstić information content (AvgIpc) is 3.39. The van der Waals surface area contributed by atoms with Crippen LogP contribution in [-0.2, 0) is 14.3 Å². The number of benzene rings is 1. The average molecular weight is 584 g/mol. The number of hydrogen-bond acceptors (Lipinski definition) is 8. The lowest BCUT2D eigenvalue weighted by Crippen LogP contribution is -2.53. The maximum atomic E-state index is 13.8. The summed E-state index contributed by atoms with van der Waals surface area (Å²) in [6.07, 6.45) is 3.63. The molecule has 1 aromatic heterocycles. The Hall–Kier alpha value is -3.11. The van der Waals surface area contributed by atoms with Gasteiger partial charge in [-0.05, 0) is 103 Å². The van der Waals surface area contributed by atoms with E-state index in [9.17, 15) is 19.5 Å². The molecule has 1 aromatic carbocycles. The Labute approximate surface area is 245 Å². The van der Waals surface area contributed by atoms with Gasteiger partial charge in [-0.25, -0.2) is 4.79 Å². The summed E-state index contributed by atoms with van der Waals surface area (Å²) >= 11 is 1.31. The molecule has 0 saturated carbocycles.